The summed E-state index contributed by atoms with van der Waals surface area (Å²) in [5.74, 6) is -0.433. The summed E-state index contributed by atoms with van der Waals surface area (Å²) in [4.78, 5) is 23.6. The summed E-state index contributed by atoms with van der Waals surface area (Å²) in [7, 11) is 0. The molecule has 1 saturated heterocycles. The molecule has 0 aliphatic carbocycles. The summed E-state index contributed by atoms with van der Waals surface area (Å²) < 4.78 is 19.8. The van der Waals surface area contributed by atoms with Crippen molar-refractivity contribution in [1.29, 1.82) is 0 Å². The van der Waals surface area contributed by atoms with Crippen molar-refractivity contribution in [1.82, 2.24) is 4.90 Å². The minimum Gasteiger partial charge on any atom is -0.465 e. The molecule has 0 bridgehead atoms. The lowest BCUT2D eigenvalue weighted by Crippen LogP contribution is -2.42. The number of halogens is 1. The molecule has 1 heterocycles. The number of esters is 1. The molecule has 0 aromatic heterocycles. The zero-order chi connectivity index (χ0) is 15.5. The maximum Gasteiger partial charge on any atom is 0.407 e. The number of alkyl halides is 1. The van der Waals surface area contributed by atoms with E-state index in [1.54, 1.807) is 19.1 Å². The predicted octanol–water partition coefficient (Wildman–Crippen LogP) is 2.80. The number of carbonyl (C=O) groups excluding carboxylic acids is 1. The van der Waals surface area contributed by atoms with Gasteiger partial charge in [0.15, 0.2) is 0 Å². The molecule has 1 fully saturated rings. The lowest BCUT2D eigenvalue weighted by molar-refractivity contribution is 0.0515. The number of benzene rings is 1. The average molecular weight is 295 g/mol. The van der Waals surface area contributed by atoms with Crippen molar-refractivity contribution in [2.75, 3.05) is 19.7 Å². The van der Waals surface area contributed by atoms with Gasteiger partial charge in [0.05, 0.1) is 12.2 Å². The highest BCUT2D eigenvalue weighted by Crippen LogP contribution is 2.37. The van der Waals surface area contributed by atoms with Gasteiger partial charge < -0.3 is 14.7 Å². The third-order valence-corrected chi connectivity index (χ3v) is 3.74. The molecule has 0 radical (unpaired) electrons. The third kappa shape index (κ3) is 3.32. The van der Waals surface area contributed by atoms with Crippen LogP contribution in [0.2, 0.25) is 0 Å². The molecule has 0 atom stereocenters. The molecule has 1 aliphatic rings. The van der Waals surface area contributed by atoms with Crippen LogP contribution in [-0.2, 0) is 10.4 Å². The monoisotopic (exact) mass is 295 g/mol. The maximum atomic E-state index is 14.9. The zero-order valence-corrected chi connectivity index (χ0v) is 11.8. The van der Waals surface area contributed by atoms with Gasteiger partial charge >= 0.3 is 12.1 Å². The maximum absolute atomic E-state index is 14.9. The molecule has 114 valence electrons. The zero-order valence-electron chi connectivity index (χ0n) is 11.8. The smallest absolute Gasteiger partial charge is 0.407 e. The number of rotatable bonds is 3. The first-order valence-corrected chi connectivity index (χ1v) is 6.91. The van der Waals surface area contributed by atoms with Crippen LogP contribution in [0.15, 0.2) is 24.3 Å². The van der Waals surface area contributed by atoms with Gasteiger partial charge in [0, 0.05) is 25.9 Å². The van der Waals surface area contributed by atoms with Crippen LogP contribution in [0, 0.1) is 0 Å². The quantitative estimate of drug-likeness (QED) is 0.871. The number of carboxylic acid groups (broad SMARTS) is 1. The number of ether oxygens (including phenoxy) is 1. The first kappa shape index (κ1) is 15.3. The average Bonchev–Trinajstić information content (AvgIpc) is 2.48. The molecular weight excluding hydrogens is 277 g/mol. The molecule has 1 aromatic carbocycles. The van der Waals surface area contributed by atoms with Crippen molar-refractivity contribution in [3.63, 3.8) is 0 Å². The Hall–Kier alpha value is -2.11. The molecular formula is C15H18FNO4. The molecule has 0 spiro atoms. The summed E-state index contributed by atoms with van der Waals surface area (Å²) in [6.45, 7) is 2.36. The predicted molar refractivity (Wildman–Crippen MR) is 74.0 cm³/mol. The Balaban J connectivity index is 2.08. The lowest BCUT2D eigenvalue weighted by atomic mass is 9.86. The van der Waals surface area contributed by atoms with E-state index in [4.69, 9.17) is 9.84 Å². The van der Waals surface area contributed by atoms with Crippen molar-refractivity contribution in [3.8, 4) is 0 Å². The van der Waals surface area contributed by atoms with Crippen LogP contribution in [0.3, 0.4) is 0 Å². The topological polar surface area (TPSA) is 66.8 Å². The van der Waals surface area contributed by atoms with Gasteiger partial charge in [-0.25, -0.2) is 14.0 Å². The highest BCUT2D eigenvalue weighted by Gasteiger charge is 2.37. The van der Waals surface area contributed by atoms with Crippen LogP contribution in [0.25, 0.3) is 0 Å². The number of likely N-dealkylation sites (tertiary alicyclic amines) is 1. The van der Waals surface area contributed by atoms with Crippen molar-refractivity contribution < 1.29 is 23.8 Å². The molecule has 1 aromatic rings. The molecule has 5 nitrogen and oxygen atoms in total. The second-order valence-electron chi connectivity index (χ2n) is 5.03. The summed E-state index contributed by atoms with van der Waals surface area (Å²) in [6.07, 6.45) is -0.773. The van der Waals surface area contributed by atoms with Gasteiger partial charge in [0.1, 0.15) is 5.67 Å². The standard InChI is InChI=1S/C15H18FNO4/c1-2-21-13(18)11-3-5-12(6-4-11)15(16)7-9-17(10-8-15)14(19)20/h3-6H,2,7-10H2,1H3,(H,19,20). The highest BCUT2D eigenvalue weighted by atomic mass is 19.1. The number of amides is 1. The van der Waals surface area contributed by atoms with E-state index in [2.05, 4.69) is 0 Å². The second kappa shape index (κ2) is 6.11. The van der Waals surface area contributed by atoms with E-state index in [1.807, 2.05) is 0 Å². The second-order valence-corrected chi connectivity index (χ2v) is 5.03. The molecule has 1 amide bonds. The van der Waals surface area contributed by atoms with E-state index in [1.165, 1.54) is 17.0 Å². The normalized spacial score (nSPS) is 17.3. The van der Waals surface area contributed by atoms with Gasteiger partial charge in [-0.05, 0) is 24.6 Å². The Bertz CT molecular complexity index is 521. The van der Waals surface area contributed by atoms with Crippen LogP contribution < -0.4 is 0 Å². The van der Waals surface area contributed by atoms with E-state index in [-0.39, 0.29) is 25.9 Å². The highest BCUT2D eigenvalue weighted by molar-refractivity contribution is 5.89. The molecule has 21 heavy (non-hydrogen) atoms. The van der Waals surface area contributed by atoms with E-state index in [0.29, 0.717) is 17.7 Å². The van der Waals surface area contributed by atoms with E-state index in [0.717, 1.165) is 0 Å². The fraction of sp³-hybridized carbons (Fsp3) is 0.467. The Kier molecular flexibility index (Phi) is 4.45. The minimum absolute atomic E-state index is 0.123. The Morgan fingerprint density at radius 1 is 1.29 bits per heavy atom. The molecule has 2 rings (SSSR count). The molecule has 1 N–H and O–H groups in total. The van der Waals surface area contributed by atoms with Gasteiger partial charge in [-0.3, -0.25) is 0 Å². The fourth-order valence-corrected chi connectivity index (χ4v) is 2.46. The van der Waals surface area contributed by atoms with E-state index < -0.39 is 17.7 Å². The van der Waals surface area contributed by atoms with Crippen molar-refractivity contribution in [3.05, 3.63) is 35.4 Å². The first-order valence-electron chi connectivity index (χ1n) is 6.91. The summed E-state index contributed by atoms with van der Waals surface area (Å²) in [5.41, 5.74) is -0.688. The van der Waals surface area contributed by atoms with Gasteiger partial charge in [-0.2, -0.15) is 0 Å². The van der Waals surface area contributed by atoms with Gasteiger partial charge in [-0.1, -0.05) is 12.1 Å². The van der Waals surface area contributed by atoms with E-state index >= 15 is 0 Å². The van der Waals surface area contributed by atoms with Crippen molar-refractivity contribution >= 4 is 12.1 Å². The van der Waals surface area contributed by atoms with Crippen molar-refractivity contribution in [2.45, 2.75) is 25.4 Å². The van der Waals surface area contributed by atoms with Gasteiger partial charge in [-0.15, -0.1) is 0 Å². The Morgan fingerprint density at radius 3 is 2.33 bits per heavy atom. The molecule has 1 aliphatic heterocycles. The van der Waals surface area contributed by atoms with Crippen LogP contribution in [0.1, 0.15) is 35.7 Å². The molecule has 0 saturated carbocycles. The van der Waals surface area contributed by atoms with Gasteiger partial charge in [0.2, 0.25) is 0 Å². The Morgan fingerprint density at radius 2 is 1.86 bits per heavy atom. The largest absolute Gasteiger partial charge is 0.465 e. The number of hydrogen-bond acceptors (Lipinski definition) is 3. The lowest BCUT2D eigenvalue weighted by Gasteiger charge is -2.35. The van der Waals surface area contributed by atoms with Crippen molar-refractivity contribution in [2.24, 2.45) is 0 Å². The SMILES string of the molecule is CCOC(=O)c1ccc(C2(F)CCN(C(=O)O)CC2)cc1. The number of nitrogens with zero attached hydrogens (tertiary/aromatic N) is 1. The van der Waals surface area contributed by atoms with Crippen LogP contribution in [0.5, 0.6) is 0 Å². The van der Waals surface area contributed by atoms with E-state index in [9.17, 15) is 14.0 Å². The number of piperidine rings is 1. The molecule has 0 unspecified atom stereocenters. The summed E-state index contributed by atoms with van der Waals surface area (Å²) in [5, 5.41) is 8.88. The molecule has 6 heteroatoms. The van der Waals surface area contributed by atoms with Crippen LogP contribution in [-0.4, -0.2) is 41.8 Å². The Labute approximate surface area is 122 Å². The third-order valence-electron chi connectivity index (χ3n) is 3.74. The number of hydrogen-bond donors (Lipinski definition) is 1. The number of carbonyl (C=O) groups is 2. The van der Waals surface area contributed by atoms with Crippen LogP contribution >= 0.6 is 0 Å². The van der Waals surface area contributed by atoms with Gasteiger partial charge in [0.25, 0.3) is 0 Å². The first-order chi connectivity index (χ1) is 9.96. The van der Waals surface area contributed by atoms with Crippen LogP contribution in [0.4, 0.5) is 9.18 Å². The fourth-order valence-electron chi connectivity index (χ4n) is 2.46. The minimum atomic E-state index is -1.54. The summed E-state index contributed by atoms with van der Waals surface area (Å²) >= 11 is 0. The summed E-state index contributed by atoms with van der Waals surface area (Å²) in [6, 6.07) is 6.22.